The molecule has 0 aliphatic carbocycles. The molecular formula is C16H17NO4. The zero-order valence-corrected chi connectivity index (χ0v) is 11.4. The van der Waals surface area contributed by atoms with Crippen molar-refractivity contribution >= 4 is 5.91 Å². The number of carbonyl (C=O) groups excluding carboxylic acids is 1. The van der Waals surface area contributed by atoms with E-state index in [-0.39, 0.29) is 30.4 Å². The van der Waals surface area contributed by atoms with E-state index in [9.17, 15) is 20.1 Å². The second kappa shape index (κ2) is 6.76. The summed E-state index contributed by atoms with van der Waals surface area (Å²) in [6, 6.07) is 13.3. The summed E-state index contributed by atoms with van der Waals surface area (Å²) in [6.07, 6.45) is -0.696. The maximum atomic E-state index is 11.8. The van der Waals surface area contributed by atoms with Gasteiger partial charge in [-0.15, -0.1) is 0 Å². The molecule has 1 atom stereocenters. The van der Waals surface area contributed by atoms with Gasteiger partial charge in [0.2, 0.25) is 5.91 Å². The topological polar surface area (TPSA) is 89.8 Å². The summed E-state index contributed by atoms with van der Waals surface area (Å²) in [6.45, 7) is 0.118. The van der Waals surface area contributed by atoms with Crippen LogP contribution in [-0.4, -0.2) is 27.8 Å². The van der Waals surface area contributed by atoms with Crippen LogP contribution in [-0.2, 0) is 11.2 Å². The van der Waals surface area contributed by atoms with Crippen LogP contribution in [0.5, 0.6) is 11.5 Å². The number of rotatable bonds is 5. The molecule has 0 aliphatic heterocycles. The largest absolute Gasteiger partial charge is 0.504 e. The van der Waals surface area contributed by atoms with E-state index in [1.165, 1.54) is 12.1 Å². The molecule has 2 aromatic rings. The highest BCUT2D eigenvalue weighted by atomic mass is 16.3. The molecule has 21 heavy (non-hydrogen) atoms. The summed E-state index contributed by atoms with van der Waals surface area (Å²) in [5, 5.41) is 31.1. The van der Waals surface area contributed by atoms with Crippen LogP contribution in [0, 0.1) is 0 Å². The van der Waals surface area contributed by atoms with Crippen LogP contribution < -0.4 is 5.32 Å². The highest BCUT2D eigenvalue weighted by Crippen LogP contribution is 2.24. The van der Waals surface area contributed by atoms with Gasteiger partial charge < -0.3 is 20.6 Å². The van der Waals surface area contributed by atoms with E-state index < -0.39 is 6.10 Å². The Hall–Kier alpha value is -2.53. The first-order valence-electron chi connectivity index (χ1n) is 6.57. The van der Waals surface area contributed by atoms with Gasteiger partial charge in [0.15, 0.2) is 11.5 Å². The molecular weight excluding hydrogens is 270 g/mol. The predicted molar refractivity (Wildman–Crippen MR) is 77.9 cm³/mol. The number of amides is 1. The van der Waals surface area contributed by atoms with Crippen molar-refractivity contribution in [2.75, 3.05) is 6.54 Å². The van der Waals surface area contributed by atoms with Gasteiger partial charge in [0.1, 0.15) is 0 Å². The Morgan fingerprint density at radius 1 is 1.05 bits per heavy atom. The number of hydrogen-bond donors (Lipinski definition) is 4. The van der Waals surface area contributed by atoms with Crippen molar-refractivity contribution < 1.29 is 20.1 Å². The van der Waals surface area contributed by atoms with E-state index in [1.54, 1.807) is 18.2 Å². The van der Waals surface area contributed by atoms with Crippen LogP contribution in [0.2, 0.25) is 0 Å². The van der Waals surface area contributed by atoms with Crippen molar-refractivity contribution in [3.63, 3.8) is 0 Å². The first-order chi connectivity index (χ1) is 10.1. The van der Waals surface area contributed by atoms with Gasteiger partial charge >= 0.3 is 0 Å². The fourth-order valence-corrected chi connectivity index (χ4v) is 1.93. The van der Waals surface area contributed by atoms with E-state index >= 15 is 0 Å². The zero-order chi connectivity index (χ0) is 15.2. The third-order valence-corrected chi connectivity index (χ3v) is 3.08. The molecule has 0 aromatic heterocycles. The Bertz CT molecular complexity index is 613. The standard InChI is InChI=1S/C16H17NO4/c18-13-7-6-11(8-14(13)19)9-16(21)17-10-15(20)12-4-2-1-3-5-12/h1-8,15,18-20H,9-10H2,(H,17,21). The monoisotopic (exact) mass is 287 g/mol. The first-order valence-corrected chi connectivity index (χ1v) is 6.57. The SMILES string of the molecule is O=C(Cc1ccc(O)c(O)c1)NCC(O)c1ccccc1. The van der Waals surface area contributed by atoms with Crippen LogP contribution in [0.3, 0.4) is 0 Å². The molecule has 5 nitrogen and oxygen atoms in total. The number of phenols is 2. The molecule has 0 aliphatic rings. The lowest BCUT2D eigenvalue weighted by molar-refractivity contribution is -0.120. The number of aromatic hydroxyl groups is 2. The average Bonchev–Trinajstić information content (AvgIpc) is 2.49. The third-order valence-electron chi connectivity index (χ3n) is 3.08. The minimum absolute atomic E-state index is 0.0648. The predicted octanol–water partition coefficient (Wildman–Crippen LogP) is 1.49. The minimum Gasteiger partial charge on any atom is -0.504 e. The first kappa shape index (κ1) is 14.9. The van der Waals surface area contributed by atoms with Crippen molar-refractivity contribution in [3.8, 4) is 11.5 Å². The van der Waals surface area contributed by atoms with Crippen LogP contribution in [0.25, 0.3) is 0 Å². The number of phenolic OH excluding ortho intramolecular Hbond substituents is 2. The lowest BCUT2D eigenvalue weighted by Gasteiger charge is -2.12. The Labute approximate surface area is 122 Å². The Morgan fingerprint density at radius 2 is 1.76 bits per heavy atom. The molecule has 1 unspecified atom stereocenters. The van der Waals surface area contributed by atoms with Gasteiger partial charge in [-0.25, -0.2) is 0 Å². The van der Waals surface area contributed by atoms with Crippen molar-refractivity contribution in [1.82, 2.24) is 5.32 Å². The summed E-state index contributed by atoms with van der Waals surface area (Å²) in [4.78, 5) is 11.8. The van der Waals surface area contributed by atoms with Gasteiger partial charge in [-0.2, -0.15) is 0 Å². The zero-order valence-electron chi connectivity index (χ0n) is 11.4. The van der Waals surface area contributed by atoms with Crippen LogP contribution >= 0.6 is 0 Å². The van der Waals surface area contributed by atoms with Crippen LogP contribution in [0.4, 0.5) is 0 Å². The van der Waals surface area contributed by atoms with Crippen molar-refractivity contribution in [1.29, 1.82) is 0 Å². The van der Waals surface area contributed by atoms with E-state index in [0.29, 0.717) is 5.56 Å². The van der Waals surface area contributed by atoms with E-state index in [2.05, 4.69) is 5.32 Å². The second-order valence-corrected chi connectivity index (χ2v) is 4.73. The molecule has 0 radical (unpaired) electrons. The highest BCUT2D eigenvalue weighted by Gasteiger charge is 2.10. The fraction of sp³-hybridized carbons (Fsp3) is 0.188. The fourth-order valence-electron chi connectivity index (χ4n) is 1.93. The number of nitrogens with one attached hydrogen (secondary N) is 1. The van der Waals surface area contributed by atoms with Crippen molar-refractivity contribution in [2.24, 2.45) is 0 Å². The molecule has 0 spiro atoms. The van der Waals surface area contributed by atoms with Crippen LogP contribution in [0.1, 0.15) is 17.2 Å². The molecule has 1 amide bonds. The maximum absolute atomic E-state index is 11.8. The number of hydrogen-bond acceptors (Lipinski definition) is 4. The molecule has 5 heteroatoms. The van der Waals surface area contributed by atoms with Gasteiger partial charge in [0.25, 0.3) is 0 Å². The maximum Gasteiger partial charge on any atom is 0.224 e. The number of carbonyl (C=O) groups is 1. The summed E-state index contributed by atoms with van der Waals surface area (Å²) >= 11 is 0. The molecule has 0 bridgehead atoms. The van der Waals surface area contributed by atoms with Crippen molar-refractivity contribution in [3.05, 3.63) is 59.7 Å². The van der Waals surface area contributed by atoms with Gasteiger partial charge in [-0.3, -0.25) is 4.79 Å². The Balaban J connectivity index is 1.86. The van der Waals surface area contributed by atoms with Gasteiger partial charge in [0, 0.05) is 6.54 Å². The molecule has 0 saturated carbocycles. The molecule has 2 aromatic carbocycles. The lowest BCUT2D eigenvalue weighted by Crippen LogP contribution is -2.29. The van der Waals surface area contributed by atoms with Gasteiger partial charge in [0.05, 0.1) is 12.5 Å². The molecule has 110 valence electrons. The quantitative estimate of drug-likeness (QED) is 0.627. The highest BCUT2D eigenvalue weighted by molar-refractivity contribution is 5.78. The second-order valence-electron chi connectivity index (χ2n) is 4.73. The molecule has 2 rings (SSSR count). The van der Waals surface area contributed by atoms with Gasteiger partial charge in [-0.1, -0.05) is 36.4 Å². The number of benzene rings is 2. The van der Waals surface area contributed by atoms with Crippen LogP contribution in [0.15, 0.2) is 48.5 Å². The summed E-state index contributed by atoms with van der Waals surface area (Å²) in [7, 11) is 0. The van der Waals surface area contributed by atoms with E-state index in [1.807, 2.05) is 18.2 Å². The molecule has 4 N–H and O–H groups in total. The summed E-state index contributed by atoms with van der Waals surface area (Å²) < 4.78 is 0. The molecule has 0 heterocycles. The number of aliphatic hydroxyl groups excluding tert-OH is 1. The summed E-state index contributed by atoms with van der Waals surface area (Å²) in [5.41, 5.74) is 1.32. The van der Waals surface area contributed by atoms with E-state index in [0.717, 1.165) is 5.56 Å². The smallest absolute Gasteiger partial charge is 0.224 e. The molecule has 0 fully saturated rings. The normalized spacial score (nSPS) is 11.9. The summed E-state index contributed by atoms with van der Waals surface area (Å²) in [5.74, 6) is -0.752. The minimum atomic E-state index is -0.761. The average molecular weight is 287 g/mol. The Kier molecular flexibility index (Phi) is 4.79. The van der Waals surface area contributed by atoms with Crippen molar-refractivity contribution in [2.45, 2.75) is 12.5 Å². The molecule has 0 saturated heterocycles. The van der Waals surface area contributed by atoms with Gasteiger partial charge in [-0.05, 0) is 23.3 Å². The van der Waals surface area contributed by atoms with E-state index in [4.69, 9.17) is 0 Å². The third kappa shape index (κ3) is 4.22. The number of aliphatic hydroxyl groups is 1. The Morgan fingerprint density at radius 3 is 2.43 bits per heavy atom. The lowest BCUT2D eigenvalue weighted by atomic mass is 10.1.